The van der Waals surface area contributed by atoms with Crippen LogP contribution in [0.2, 0.25) is 0 Å². The molecule has 0 saturated heterocycles. The molecule has 14 heavy (non-hydrogen) atoms. The van der Waals surface area contributed by atoms with Gasteiger partial charge in [0.25, 0.3) is 0 Å². The number of nitrogens with one attached hydrogen (secondary N) is 1. The van der Waals surface area contributed by atoms with E-state index in [1.54, 1.807) is 0 Å². The first-order valence-corrected chi connectivity index (χ1v) is 5.15. The van der Waals surface area contributed by atoms with E-state index in [0.717, 1.165) is 13.1 Å². The minimum Gasteiger partial charge on any atom is -0.353 e. The van der Waals surface area contributed by atoms with E-state index in [1.165, 1.54) is 25.0 Å². The minimum atomic E-state index is 0. The van der Waals surface area contributed by atoms with Crippen LogP contribution in [0, 0.1) is 0 Å². The third kappa shape index (κ3) is 4.68. The zero-order valence-electron chi connectivity index (χ0n) is 9.12. The number of unbranched alkanes of at least 4 members (excludes halogenated alkanes) is 2. The molecule has 3 heteroatoms. The van der Waals surface area contributed by atoms with Gasteiger partial charge in [0.15, 0.2) is 0 Å². The number of rotatable bonds is 6. The average molecular weight is 217 g/mol. The highest BCUT2D eigenvalue weighted by molar-refractivity contribution is 5.85. The molecule has 1 heterocycles. The second-order valence-corrected chi connectivity index (χ2v) is 3.49. The Balaban J connectivity index is 0.00000169. The van der Waals surface area contributed by atoms with E-state index >= 15 is 0 Å². The Morgan fingerprint density at radius 3 is 2.71 bits per heavy atom. The molecule has 0 unspecified atom stereocenters. The number of aryl methyl sites for hydroxylation is 1. The van der Waals surface area contributed by atoms with Crippen LogP contribution in [0.3, 0.4) is 0 Å². The van der Waals surface area contributed by atoms with Crippen molar-refractivity contribution in [2.45, 2.75) is 32.7 Å². The number of hydrogen-bond donors (Lipinski definition) is 1. The molecule has 1 aromatic rings. The summed E-state index contributed by atoms with van der Waals surface area (Å²) in [5, 5.41) is 3.44. The normalized spacial score (nSPS) is 9.86. The molecule has 0 atom stereocenters. The van der Waals surface area contributed by atoms with Crippen LogP contribution in [-0.4, -0.2) is 11.1 Å². The molecule has 2 nitrogen and oxygen atoms in total. The molecule has 0 aliphatic rings. The molecule has 1 N–H and O–H groups in total. The predicted octanol–water partition coefficient (Wildman–Crippen LogP) is 2.73. The van der Waals surface area contributed by atoms with Gasteiger partial charge in [0.05, 0.1) is 0 Å². The lowest BCUT2D eigenvalue weighted by atomic mass is 10.2. The van der Waals surface area contributed by atoms with Crippen molar-refractivity contribution in [3.63, 3.8) is 0 Å². The van der Waals surface area contributed by atoms with Crippen molar-refractivity contribution >= 4 is 12.4 Å². The molecule has 0 spiro atoms. The Morgan fingerprint density at radius 1 is 1.36 bits per heavy atom. The van der Waals surface area contributed by atoms with Gasteiger partial charge in [-0.1, -0.05) is 19.8 Å². The van der Waals surface area contributed by atoms with Crippen molar-refractivity contribution in [1.29, 1.82) is 0 Å². The van der Waals surface area contributed by atoms with E-state index in [2.05, 4.69) is 42.2 Å². The van der Waals surface area contributed by atoms with Crippen molar-refractivity contribution < 1.29 is 0 Å². The molecule has 1 aromatic heterocycles. The molecule has 0 aliphatic heterocycles. The third-order valence-corrected chi connectivity index (χ3v) is 2.31. The molecule has 82 valence electrons. The van der Waals surface area contributed by atoms with E-state index in [0.29, 0.717) is 0 Å². The summed E-state index contributed by atoms with van der Waals surface area (Å²) in [7, 11) is 2.09. The molecular weight excluding hydrogens is 196 g/mol. The van der Waals surface area contributed by atoms with Crippen LogP contribution in [0.4, 0.5) is 0 Å². The van der Waals surface area contributed by atoms with E-state index in [4.69, 9.17) is 0 Å². The third-order valence-electron chi connectivity index (χ3n) is 2.31. The summed E-state index contributed by atoms with van der Waals surface area (Å²) in [6, 6.07) is 4.25. The van der Waals surface area contributed by atoms with Crippen LogP contribution >= 0.6 is 12.4 Å². The fraction of sp³-hybridized carbons (Fsp3) is 0.636. The number of aromatic nitrogens is 1. The zero-order valence-corrected chi connectivity index (χ0v) is 9.94. The molecule has 0 bridgehead atoms. The number of halogens is 1. The Morgan fingerprint density at radius 2 is 2.14 bits per heavy atom. The molecule has 1 rings (SSSR count). The fourth-order valence-corrected chi connectivity index (χ4v) is 1.40. The molecule has 0 aliphatic carbocycles. The smallest absolute Gasteiger partial charge is 0.0359 e. The van der Waals surface area contributed by atoms with Gasteiger partial charge in [-0.25, -0.2) is 0 Å². The maximum atomic E-state index is 3.44. The Hall–Kier alpha value is -0.470. The van der Waals surface area contributed by atoms with Gasteiger partial charge in [0.1, 0.15) is 0 Å². The lowest BCUT2D eigenvalue weighted by Gasteiger charge is -2.05. The number of hydrogen-bond acceptors (Lipinski definition) is 1. The Bertz CT molecular complexity index is 233. The van der Waals surface area contributed by atoms with Crippen LogP contribution in [0.5, 0.6) is 0 Å². The van der Waals surface area contributed by atoms with Gasteiger partial charge in [0.2, 0.25) is 0 Å². The summed E-state index contributed by atoms with van der Waals surface area (Å²) < 4.78 is 2.16. The Labute approximate surface area is 93.1 Å². The minimum absolute atomic E-state index is 0. The second kappa shape index (κ2) is 7.89. The predicted molar refractivity (Wildman–Crippen MR) is 63.9 cm³/mol. The van der Waals surface area contributed by atoms with Gasteiger partial charge in [0, 0.05) is 25.5 Å². The largest absolute Gasteiger partial charge is 0.353 e. The van der Waals surface area contributed by atoms with Crippen LogP contribution in [-0.2, 0) is 13.6 Å². The van der Waals surface area contributed by atoms with Gasteiger partial charge in [-0.2, -0.15) is 0 Å². The number of nitrogens with zero attached hydrogens (tertiary/aromatic N) is 1. The summed E-state index contributed by atoms with van der Waals surface area (Å²) in [6.45, 7) is 4.36. The van der Waals surface area contributed by atoms with Crippen LogP contribution in [0.25, 0.3) is 0 Å². The monoisotopic (exact) mass is 216 g/mol. The highest BCUT2D eigenvalue weighted by Gasteiger charge is 1.94. The van der Waals surface area contributed by atoms with Gasteiger partial charge in [-0.15, -0.1) is 12.4 Å². The Kier molecular flexibility index (Phi) is 7.63. The van der Waals surface area contributed by atoms with Crippen molar-refractivity contribution in [2.75, 3.05) is 6.54 Å². The maximum absolute atomic E-state index is 3.44. The van der Waals surface area contributed by atoms with Crippen molar-refractivity contribution in [3.05, 3.63) is 24.0 Å². The molecule has 0 saturated carbocycles. The zero-order chi connectivity index (χ0) is 9.52. The van der Waals surface area contributed by atoms with E-state index in [9.17, 15) is 0 Å². The van der Waals surface area contributed by atoms with Crippen molar-refractivity contribution in [3.8, 4) is 0 Å². The average Bonchev–Trinajstić information content (AvgIpc) is 2.52. The summed E-state index contributed by atoms with van der Waals surface area (Å²) in [5.74, 6) is 0. The van der Waals surface area contributed by atoms with Crippen molar-refractivity contribution in [1.82, 2.24) is 9.88 Å². The molecular formula is C11H21ClN2. The van der Waals surface area contributed by atoms with Crippen LogP contribution < -0.4 is 5.32 Å². The highest BCUT2D eigenvalue weighted by Crippen LogP contribution is 1.98. The first-order valence-electron chi connectivity index (χ1n) is 5.15. The van der Waals surface area contributed by atoms with Gasteiger partial charge in [-0.3, -0.25) is 0 Å². The highest BCUT2D eigenvalue weighted by atomic mass is 35.5. The molecule has 0 amide bonds. The maximum Gasteiger partial charge on any atom is 0.0359 e. The SMILES string of the molecule is CCCCCNCc1cccn1C.Cl. The first kappa shape index (κ1) is 13.5. The first-order chi connectivity index (χ1) is 6.34. The topological polar surface area (TPSA) is 17.0 Å². The van der Waals surface area contributed by atoms with E-state index < -0.39 is 0 Å². The quantitative estimate of drug-likeness (QED) is 0.724. The lowest BCUT2D eigenvalue weighted by molar-refractivity contribution is 0.601. The summed E-state index contributed by atoms with van der Waals surface area (Å²) in [4.78, 5) is 0. The van der Waals surface area contributed by atoms with E-state index in [1.807, 2.05) is 0 Å². The molecule has 0 fully saturated rings. The standard InChI is InChI=1S/C11H20N2.ClH/c1-3-4-5-8-12-10-11-7-6-9-13(11)2;/h6-7,9,12H,3-5,8,10H2,1-2H3;1H. The molecule has 0 aromatic carbocycles. The molecule has 0 radical (unpaired) electrons. The van der Waals surface area contributed by atoms with E-state index in [-0.39, 0.29) is 12.4 Å². The lowest BCUT2D eigenvalue weighted by Crippen LogP contribution is -2.16. The van der Waals surface area contributed by atoms with Gasteiger partial charge >= 0.3 is 0 Å². The summed E-state index contributed by atoms with van der Waals surface area (Å²) in [6.07, 6.45) is 6.01. The fourth-order valence-electron chi connectivity index (χ4n) is 1.40. The van der Waals surface area contributed by atoms with Crippen LogP contribution in [0.15, 0.2) is 18.3 Å². The van der Waals surface area contributed by atoms with Gasteiger partial charge in [-0.05, 0) is 25.1 Å². The van der Waals surface area contributed by atoms with Crippen LogP contribution in [0.1, 0.15) is 31.9 Å². The van der Waals surface area contributed by atoms with Gasteiger partial charge < -0.3 is 9.88 Å². The summed E-state index contributed by atoms with van der Waals surface area (Å²) in [5.41, 5.74) is 1.36. The summed E-state index contributed by atoms with van der Waals surface area (Å²) >= 11 is 0. The van der Waals surface area contributed by atoms with Crippen molar-refractivity contribution in [2.24, 2.45) is 7.05 Å². The second-order valence-electron chi connectivity index (χ2n) is 3.49.